The van der Waals surface area contributed by atoms with Gasteiger partial charge in [0.25, 0.3) is 0 Å². The van der Waals surface area contributed by atoms with Crippen LogP contribution in [0, 0.1) is 0 Å². The minimum Gasteiger partial charge on any atom is -0.256 e. The largest absolute Gasteiger partial charge is 0.256 e. The van der Waals surface area contributed by atoms with Crippen molar-refractivity contribution in [1.29, 1.82) is 0 Å². The third-order valence-electron chi connectivity index (χ3n) is 0.547. The molecular weight excluding hydrogens is 174 g/mol. The van der Waals surface area contributed by atoms with Crippen molar-refractivity contribution in [3.05, 3.63) is 0 Å². The van der Waals surface area contributed by atoms with E-state index in [-0.39, 0.29) is 29.7 Å². The second-order valence-electron chi connectivity index (χ2n) is 1.04. The van der Waals surface area contributed by atoms with Crippen molar-refractivity contribution in [2.24, 2.45) is 4.74 Å². The minimum atomic E-state index is 0. The Labute approximate surface area is 77.6 Å². The van der Waals surface area contributed by atoms with Gasteiger partial charge in [-0.25, -0.2) is 4.44 Å². The van der Waals surface area contributed by atoms with Crippen LogP contribution in [0.25, 0.3) is 0 Å². The summed E-state index contributed by atoms with van der Waals surface area (Å²) in [5, 5.41) is 0. The highest BCUT2D eigenvalue weighted by Crippen LogP contribution is 2.19. The third kappa shape index (κ3) is 25.1. The van der Waals surface area contributed by atoms with E-state index in [9.17, 15) is 0 Å². The summed E-state index contributed by atoms with van der Waals surface area (Å²) < 4.78 is 6.05. The van der Waals surface area contributed by atoms with E-state index in [1.807, 2.05) is 14.1 Å². The Morgan fingerprint density at radius 2 is 1.55 bits per heavy atom. The van der Waals surface area contributed by atoms with Gasteiger partial charge in [-0.15, -0.1) is 0 Å². The molecule has 0 aromatic carbocycles. The maximum atomic E-state index is 3.91. The van der Waals surface area contributed by atoms with E-state index in [2.05, 4.69) is 15.9 Å². The molecule has 0 fully saturated rings. The Morgan fingerprint density at radius 3 is 1.64 bits per heavy atom. The van der Waals surface area contributed by atoms with Crippen molar-refractivity contribution in [2.75, 3.05) is 20.8 Å². The predicted molar refractivity (Wildman–Crippen MR) is 64.2 cm³/mol. The Morgan fingerprint density at radius 1 is 1.18 bits per heavy atom. The van der Waals surface area contributed by atoms with E-state index >= 15 is 0 Å². The monoisotopic (exact) mass is 200 g/mol. The first-order valence-corrected chi connectivity index (χ1v) is 4.27. The van der Waals surface area contributed by atoms with Gasteiger partial charge in [0, 0.05) is 14.1 Å². The van der Waals surface area contributed by atoms with Gasteiger partial charge in [0.15, 0.2) is 0 Å². The van der Waals surface area contributed by atoms with E-state index in [4.69, 9.17) is 0 Å². The van der Waals surface area contributed by atoms with Crippen molar-refractivity contribution in [3.63, 3.8) is 0 Å². The molecule has 11 heavy (non-hydrogen) atoms. The normalized spacial score (nSPS) is 8.36. The fraction of sp³-hybridized carbons (Fsp3) is 1.00. The molecule has 4 heteroatoms. The molecule has 0 amide bonds. The van der Waals surface area contributed by atoms with Gasteiger partial charge in [-0.05, 0) is 15.4 Å². The molecule has 2 nitrogen and oxygen atoms in total. The van der Waals surface area contributed by atoms with Crippen LogP contribution >= 0.6 is 17.3 Å². The maximum absolute atomic E-state index is 3.91. The van der Waals surface area contributed by atoms with Gasteiger partial charge in [0.05, 0.1) is 8.52 Å². The number of rotatable bonds is 2. The number of hydrogen-bond donors (Lipinski definition) is 0. The molecule has 0 aliphatic rings. The Kier molecular flexibility index (Phi) is 61.2. The van der Waals surface area contributed by atoms with Gasteiger partial charge in [0.1, 0.15) is 0 Å². The second kappa shape index (κ2) is 22.4. The van der Waals surface area contributed by atoms with Crippen LogP contribution < -0.4 is 0 Å². The van der Waals surface area contributed by atoms with E-state index in [0.29, 0.717) is 0 Å². The smallest absolute Gasteiger partial charge is 0.0965 e. The van der Waals surface area contributed by atoms with Crippen molar-refractivity contribution >= 4 is 17.3 Å². The van der Waals surface area contributed by atoms with Crippen LogP contribution in [0.5, 0.6) is 0 Å². The van der Waals surface area contributed by atoms with Crippen LogP contribution in [0.2, 0.25) is 0 Å². The van der Waals surface area contributed by atoms with Gasteiger partial charge in [-0.2, -0.15) is 0 Å². The van der Waals surface area contributed by atoms with E-state index < -0.39 is 0 Å². The van der Waals surface area contributed by atoms with Crippen LogP contribution in [0.1, 0.15) is 29.7 Å². The molecule has 74 valence electrons. The van der Waals surface area contributed by atoms with Gasteiger partial charge in [-0.3, -0.25) is 4.74 Å². The molecule has 0 aromatic rings. The lowest BCUT2D eigenvalue weighted by Crippen LogP contribution is -1.84. The maximum Gasteiger partial charge on any atom is 0.0965 e. The van der Waals surface area contributed by atoms with Crippen molar-refractivity contribution in [1.82, 2.24) is 4.44 Å². The average Bonchev–Trinajstić information content (AvgIpc) is 1.68. The molecule has 0 saturated carbocycles. The fourth-order valence-electron chi connectivity index (χ4n) is 0.179. The summed E-state index contributed by atoms with van der Waals surface area (Å²) in [5.74, 6) is 0. The Hall–Kier alpha value is 0.490. The summed E-state index contributed by atoms with van der Waals surface area (Å²) in [6, 6.07) is 0. The minimum absolute atomic E-state index is 0. The van der Waals surface area contributed by atoms with Crippen LogP contribution in [0.15, 0.2) is 4.74 Å². The molecule has 0 N–H and O–H groups in total. The summed E-state index contributed by atoms with van der Waals surface area (Å²) in [4.78, 5) is 0. The summed E-state index contributed by atoms with van der Waals surface area (Å²) in [6.07, 6.45) is 0. The first-order chi connectivity index (χ1) is 3.31. The van der Waals surface area contributed by atoms with Gasteiger partial charge < -0.3 is 0 Å². The van der Waals surface area contributed by atoms with Gasteiger partial charge in [0.2, 0.25) is 0 Å². The van der Waals surface area contributed by atoms with Gasteiger partial charge in [-0.1, -0.05) is 29.7 Å². The van der Waals surface area contributed by atoms with E-state index in [1.54, 1.807) is 0 Å². The molecule has 0 rings (SSSR count). The molecule has 0 heterocycles. The molecule has 0 radical (unpaired) electrons. The summed E-state index contributed by atoms with van der Waals surface area (Å²) in [7, 11) is 5.81. The highest BCUT2D eigenvalue weighted by Gasteiger charge is 1.81. The first-order valence-electron chi connectivity index (χ1n) is 2.02. The number of hydrogen-bond acceptors (Lipinski definition) is 1. The molecular formula is C7H26N2P2. The van der Waals surface area contributed by atoms with Crippen molar-refractivity contribution in [3.8, 4) is 0 Å². The quantitative estimate of drug-likeness (QED) is 0.604. The number of nitrogens with zero attached hydrogens (tertiary/aromatic N) is 2. The van der Waals surface area contributed by atoms with E-state index in [0.717, 1.165) is 17.3 Å². The molecule has 1 unspecified atom stereocenters. The SMILES string of the molecule is C.C.C.C.CN=PN(C)PC. The standard InChI is InChI=1S/C3H10N2P2.4CH4/c1-4-7-5(2)6-3;;;;/h6H,1-3H3;4*1H4. The first kappa shape index (κ1) is 30.0. The Bertz CT molecular complexity index is 67.5. The van der Waals surface area contributed by atoms with Crippen LogP contribution in [-0.4, -0.2) is 25.2 Å². The lowest BCUT2D eigenvalue weighted by molar-refractivity contribution is 0.926. The highest BCUT2D eigenvalue weighted by atomic mass is 31.1. The summed E-state index contributed by atoms with van der Waals surface area (Å²) >= 11 is 0. The highest BCUT2D eigenvalue weighted by molar-refractivity contribution is 7.46. The average molecular weight is 200 g/mol. The van der Waals surface area contributed by atoms with Crippen LogP contribution in [0.3, 0.4) is 0 Å². The van der Waals surface area contributed by atoms with Crippen LogP contribution in [0.4, 0.5) is 0 Å². The molecule has 0 aliphatic carbocycles. The van der Waals surface area contributed by atoms with E-state index in [1.165, 1.54) is 0 Å². The lowest BCUT2D eigenvalue weighted by Gasteiger charge is -2.00. The molecule has 0 aliphatic heterocycles. The zero-order valence-electron chi connectivity index (χ0n) is 4.84. The van der Waals surface area contributed by atoms with Gasteiger partial charge >= 0.3 is 0 Å². The second-order valence-corrected chi connectivity index (χ2v) is 3.71. The predicted octanol–water partition coefficient (Wildman–Crippen LogP) is 4.36. The zero-order valence-corrected chi connectivity index (χ0v) is 6.74. The summed E-state index contributed by atoms with van der Waals surface area (Å²) in [5.41, 5.74) is 0. The Balaban J connectivity index is -0.0000000300. The topological polar surface area (TPSA) is 15.6 Å². The molecule has 0 saturated heterocycles. The molecule has 1 atom stereocenters. The van der Waals surface area contributed by atoms with Crippen LogP contribution in [-0.2, 0) is 0 Å². The lowest BCUT2D eigenvalue weighted by atomic mass is 11.6. The zero-order chi connectivity index (χ0) is 5.70. The third-order valence-corrected chi connectivity index (χ3v) is 2.51. The summed E-state index contributed by atoms with van der Waals surface area (Å²) in [6.45, 7) is 2.14. The molecule has 0 aromatic heterocycles. The fourth-order valence-corrected chi connectivity index (χ4v) is 1.07. The molecule has 0 spiro atoms. The molecule has 0 bridgehead atoms. The van der Waals surface area contributed by atoms with Crippen molar-refractivity contribution < 1.29 is 0 Å². The van der Waals surface area contributed by atoms with Crippen molar-refractivity contribution in [2.45, 2.75) is 29.7 Å².